The van der Waals surface area contributed by atoms with E-state index in [2.05, 4.69) is 4.84 Å². The van der Waals surface area contributed by atoms with Crippen molar-refractivity contribution in [2.75, 3.05) is 19.8 Å². The number of carbonyl (C=O) groups excluding carboxylic acids is 1. The molecule has 0 saturated carbocycles. The van der Waals surface area contributed by atoms with Crippen LogP contribution in [-0.2, 0) is 19.1 Å². The van der Waals surface area contributed by atoms with Crippen LogP contribution in [0.3, 0.4) is 0 Å². The van der Waals surface area contributed by atoms with E-state index in [1.54, 1.807) is 0 Å². The van der Waals surface area contributed by atoms with E-state index >= 15 is 0 Å². The van der Waals surface area contributed by atoms with Crippen LogP contribution in [0.5, 0.6) is 0 Å². The molecule has 5 nitrogen and oxygen atoms in total. The van der Waals surface area contributed by atoms with Crippen molar-refractivity contribution in [1.82, 2.24) is 0 Å². The highest BCUT2D eigenvalue weighted by molar-refractivity contribution is 5.70. The van der Waals surface area contributed by atoms with Crippen LogP contribution in [0.15, 0.2) is 0 Å². The Labute approximate surface area is 77.1 Å². The molecule has 1 fully saturated rings. The average Bonchev–Trinajstić information content (AvgIpc) is 2.17. The SMILES string of the molecule is NOCC(=O)OCC1CCCCO1. The molecule has 1 saturated heterocycles. The maximum absolute atomic E-state index is 10.8. The smallest absolute Gasteiger partial charge is 0.334 e. The average molecular weight is 189 g/mol. The molecule has 0 aromatic rings. The van der Waals surface area contributed by atoms with Crippen molar-refractivity contribution in [3.05, 3.63) is 0 Å². The Morgan fingerprint density at radius 2 is 2.38 bits per heavy atom. The molecule has 0 aromatic heterocycles. The lowest BCUT2D eigenvalue weighted by molar-refractivity contribution is -0.154. The van der Waals surface area contributed by atoms with Gasteiger partial charge in [0.25, 0.3) is 0 Å². The molecule has 1 aliphatic rings. The molecule has 1 unspecified atom stereocenters. The number of esters is 1. The fourth-order valence-corrected chi connectivity index (χ4v) is 1.23. The van der Waals surface area contributed by atoms with Crippen LogP contribution in [0.4, 0.5) is 0 Å². The zero-order chi connectivity index (χ0) is 9.52. The summed E-state index contributed by atoms with van der Waals surface area (Å²) in [6, 6.07) is 0. The Kier molecular flexibility index (Phi) is 4.74. The summed E-state index contributed by atoms with van der Waals surface area (Å²) < 4.78 is 10.2. The van der Waals surface area contributed by atoms with Crippen LogP contribution in [-0.4, -0.2) is 31.9 Å². The second kappa shape index (κ2) is 5.90. The normalized spacial score (nSPS) is 22.7. The van der Waals surface area contributed by atoms with E-state index < -0.39 is 5.97 Å². The second-order valence-corrected chi connectivity index (χ2v) is 2.98. The van der Waals surface area contributed by atoms with Crippen molar-refractivity contribution in [2.45, 2.75) is 25.4 Å². The number of rotatable bonds is 4. The number of hydrogen-bond acceptors (Lipinski definition) is 5. The highest BCUT2D eigenvalue weighted by atomic mass is 16.6. The van der Waals surface area contributed by atoms with Gasteiger partial charge in [-0.3, -0.25) is 4.84 Å². The lowest BCUT2D eigenvalue weighted by atomic mass is 10.1. The molecule has 0 aliphatic carbocycles. The molecule has 0 radical (unpaired) electrons. The summed E-state index contributed by atoms with van der Waals surface area (Å²) in [6.45, 7) is 0.866. The molecule has 0 aromatic carbocycles. The summed E-state index contributed by atoms with van der Waals surface area (Å²) in [6.07, 6.45) is 3.23. The van der Waals surface area contributed by atoms with Crippen molar-refractivity contribution in [2.24, 2.45) is 5.90 Å². The lowest BCUT2D eigenvalue weighted by Gasteiger charge is -2.21. The largest absolute Gasteiger partial charge is 0.461 e. The van der Waals surface area contributed by atoms with Gasteiger partial charge in [0.15, 0.2) is 6.61 Å². The van der Waals surface area contributed by atoms with Crippen molar-refractivity contribution < 1.29 is 19.1 Å². The molecular formula is C8H15NO4. The molecule has 1 rings (SSSR count). The molecule has 5 heteroatoms. The van der Waals surface area contributed by atoms with Crippen molar-refractivity contribution in [3.8, 4) is 0 Å². The van der Waals surface area contributed by atoms with E-state index in [1.165, 1.54) is 0 Å². The Balaban J connectivity index is 2.06. The van der Waals surface area contributed by atoms with Crippen LogP contribution in [0.1, 0.15) is 19.3 Å². The Morgan fingerprint density at radius 1 is 1.54 bits per heavy atom. The summed E-state index contributed by atoms with van der Waals surface area (Å²) in [4.78, 5) is 14.9. The second-order valence-electron chi connectivity index (χ2n) is 2.98. The summed E-state index contributed by atoms with van der Waals surface area (Å²) in [5.74, 6) is 4.26. The minimum Gasteiger partial charge on any atom is -0.461 e. The monoisotopic (exact) mass is 189 g/mol. The molecular weight excluding hydrogens is 174 g/mol. The third kappa shape index (κ3) is 4.21. The predicted molar refractivity (Wildman–Crippen MR) is 44.7 cm³/mol. The number of carbonyl (C=O) groups is 1. The van der Waals surface area contributed by atoms with Crippen molar-refractivity contribution in [3.63, 3.8) is 0 Å². The minimum absolute atomic E-state index is 0.0514. The maximum atomic E-state index is 10.8. The van der Waals surface area contributed by atoms with Crippen LogP contribution in [0, 0.1) is 0 Å². The van der Waals surface area contributed by atoms with Crippen LogP contribution >= 0.6 is 0 Å². The van der Waals surface area contributed by atoms with E-state index in [-0.39, 0.29) is 12.7 Å². The summed E-state index contributed by atoms with van der Waals surface area (Å²) in [5.41, 5.74) is 0. The first kappa shape index (κ1) is 10.4. The third-order valence-electron chi connectivity index (χ3n) is 1.91. The molecule has 1 heterocycles. The molecule has 0 bridgehead atoms. The van der Waals surface area contributed by atoms with Crippen molar-refractivity contribution in [1.29, 1.82) is 0 Å². The van der Waals surface area contributed by atoms with Crippen molar-refractivity contribution >= 4 is 5.97 Å². The van der Waals surface area contributed by atoms with Gasteiger partial charge in [0, 0.05) is 6.61 Å². The number of ether oxygens (including phenoxy) is 2. The van der Waals surface area contributed by atoms with Gasteiger partial charge in [-0.05, 0) is 19.3 Å². The van der Waals surface area contributed by atoms with Gasteiger partial charge in [-0.2, -0.15) is 0 Å². The highest BCUT2D eigenvalue weighted by Crippen LogP contribution is 2.12. The first-order valence-electron chi connectivity index (χ1n) is 4.42. The van der Waals surface area contributed by atoms with Gasteiger partial charge in [0.2, 0.25) is 0 Å². The molecule has 1 aliphatic heterocycles. The van der Waals surface area contributed by atoms with Gasteiger partial charge in [-0.1, -0.05) is 0 Å². The lowest BCUT2D eigenvalue weighted by Crippen LogP contribution is -2.27. The fourth-order valence-electron chi connectivity index (χ4n) is 1.23. The van der Waals surface area contributed by atoms with Gasteiger partial charge in [-0.15, -0.1) is 0 Å². The fraction of sp³-hybridized carbons (Fsp3) is 0.875. The molecule has 1 atom stereocenters. The Hall–Kier alpha value is -0.650. The molecule has 0 spiro atoms. The first-order chi connectivity index (χ1) is 6.33. The van der Waals surface area contributed by atoms with Crippen LogP contribution < -0.4 is 5.90 Å². The van der Waals surface area contributed by atoms with E-state index in [4.69, 9.17) is 15.4 Å². The summed E-state index contributed by atoms with van der Waals surface area (Å²) in [7, 11) is 0. The molecule has 13 heavy (non-hydrogen) atoms. The molecule has 0 amide bonds. The standard InChI is InChI=1S/C8H15NO4/c9-13-6-8(10)12-5-7-3-1-2-4-11-7/h7H,1-6,9H2. The zero-order valence-corrected chi connectivity index (χ0v) is 7.53. The van der Waals surface area contributed by atoms with Gasteiger partial charge < -0.3 is 9.47 Å². The van der Waals surface area contributed by atoms with Gasteiger partial charge in [0.05, 0.1) is 6.10 Å². The zero-order valence-electron chi connectivity index (χ0n) is 7.53. The predicted octanol–water partition coefficient (Wildman–Crippen LogP) is -0.0110. The van der Waals surface area contributed by atoms with E-state index in [0.717, 1.165) is 25.9 Å². The topological polar surface area (TPSA) is 70.8 Å². The summed E-state index contributed by atoms with van der Waals surface area (Å²) >= 11 is 0. The number of nitrogens with two attached hydrogens (primary N) is 1. The quantitative estimate of drug-likeness (QED) is 0.497. The van der Waals surface area contributed by atoms with E-state index in [0.29, 0.717) is 6.61 Å². The summed E-state index contributed by atoms with van der Waals surface area (Å²) in [5, 5.41) is 0. The highest BCUT2D eigenvalue weighted by Gasteiger charge is 2.15. The Morgan fingerprint density at radius 3 is 3.00 bits per heavy atom. The van der Waals surface area contributed by atoms with Crippen LogP contribution in [0.2, 0.25) is 0 Å². The molecule has 2 N–H and O–H groups in total. The molecule has 76 valence electrons. The maximum Gasteiger partial charge on any atom is 0.334 e. The van der Waals surface area contributed by atoms with E-state index in [9.17, 15) is 4.79 Å². The van der Waals surface area contributed by atoms with Crippen LogP contribution in [0.25, 0.3) is 0 Å². The van der Waals surface area contributed by atoms with Gasteiger partial charge in [-0.25, -0.2) is 10.7 Å². The third-order valence-corrected chi connectivity index (χ3v) is 1.91. The Bertz CT molecular complexity index is 156. The first-order valence-corrected chi connectivity index (χ1v) is 4.42. The van der Waals surface area contributed by atoms with E-state index in [1.807, 2.05) is 0 Å². The minimum atomic E-state index is -0.448. The number of hydrogen-bond donors (Lipinski definition) is 1. The van der Waals surface area contributed by atoms with Gasteiger partial charge >= 0.3 is 5.97 Å². The van der Waals surface area contributed by atoms with Gasteiger partial charge in [0.1, 0.15) is 6.61 Å².